The molecule has 56 valence electrons. The van der Waals surface area contributed by atoms with Gasteiger partial charge < -0.3 is 0 Å². The number of thiol groups is 1. The summed E-state index contributed by atoms with van der Waals surface area (Å²) in [5.41, 5.74) is 0. The highest BCUT2D eigenvalue weighted by molar-refractivity contribution is 7.89. The van der Waals surface area contributed by atoms with Gasteiger partial charge in [0.25, 0.3) is 0 Å². The van der Waals surface area contributed by atoms with Crippen molar-refractivity contribution in [3.8, 4) is 0 Å². The van der Waals surface area contributed by atoms with Crippen LogP contribution in [0.2, 0.25) is 0 Å². The number of hydrogen-bond acceptors (Lipinski definition) is 3. The third-order valence-corrected chi connectivity index (χ3v) is 2.49. The first-order valence-corrected chi connectivity index (χ1v) is 4.92. The van der Waals surface area contributed by atoms with Crippen molar-refractivity contribution in [2.75, 3.05) is 11.5 Å². The van der Waals surface area contributed by atoms with Gasteiger partial charge in [0.15, 0.2) is 0 Å². The standard InChI is InChI=1S/C4H11NO2S2/c1-4(2-8)3-9(5,6)7/h4,8H,2-3H2,1H3,(H2,5,6,7)/t4-/m0/s1. The minimum Gasteiger partial charge on any atom is -0.229 e. The summed E-state index contributed by atoms with van der Waals surface area (Å²) in [5, 5.41) is 4.75. The maximum atomic E-state index is 10.3. The van der Waals surface area contributed by atoms with Crippen LogP contribution in [0, 0.1) is 5.92 Å². The van der Waals surface area contributed by atoms with E-state index in [1.807, 2.05) is 0 Å². The van der Waals surface area contributed by atoms with Crippen molar-refractivity contribution in [1.82, 2.24) is 0 Å². The number of hydrogen-bond donors (Lipinski definition) is 2. The Hall–Kier alpha value is 0.260. The summed E-state index contributed by atoms with van der Waals surface area (Å²) in [6, 6.07) is 0. The van der Waals surface area contributed by atoms with Crippen LogP contribution < -0.4 is 5.14 Å². The van der Waals surface area contributed by atoms with E-state index >= 15 is 0 Å². The Labute approximate surface area is 61.1 Å². The van der Waals surface area contributed by atoms with Crippen molar-refractivity contribution in [2.24, 2.45) is 11.1 Å². The molecule has 5 heteroatoms. The van der Waals surface area contributed by atoms with Crippen LogP contribution in [0.15, 0.2) is 0 Å². The predicted molar refractivity (Wildman–Crippen MR) is 41.0 cm³/mol. The fourth-order valence-corrected chi connectivity index (χ4v) is 1.66. The molecule has 0 saturated heterocycles. The predicted octanol–water partition coefficient (Wildman–Crippen LogP) is -0.159. The van der Waals surface area contributed by atoms with Gasteiger partial charge in [-0.3, -0.25) is 0 Å². The topological polar surface area (TPSA) is 60.2 Å². The molecular weight excluding hydrogens is 158 g/mol. The van der Waals surface area contributed by atoms with E-state index in [4.69, 9.17) is 5.14 Å². The third kappa shape index (κ3) is 6.14. The molecule has 0 saturated carbocycles. The van der Waals surface area contributed by atoms with E-state index in [0.717, 1.165) is 0 Å². The molecule has 0 radical (unpaired) electrons. The lowest BCUT2D eigenvalue weighted by molar-refractivity contribution is 0.585. The minimum atomic E-state index is -3.28. The van der Waals surface area contributed by atoms with Crippen LogP contribution in [0.4, 0.5) is 0 Å². The van der Waals surface area contributed by atoms with E-state index in [0.29, 0.717) is 5.75 Å². The molecule has 0 fully saturated rings. The monoisotopic (exact) mass is 169 g/mol. The van der Waals surface area contributed by atoms with Gasteiger partial charge in [-0.2, -0.15) is 12.6 Å². The third-order valence-electron chi connectivity index (χ3n) is 0.828. The molecule has 9 heavy (non-hydrogen) atoms. The molecule has 0 aromatic carbocycles. The molecule has 0 aliphatic heterocycles. The zero-order valence-corrected chi connectivity index (χ0v) is 6.95. The van der Waals surface area contributed by atoms with Gasteiger partial charge in [-0.05, 0) is 11.7 Å². The first-order chi connectivity index (χ1) is 3.95. The molecule has 0 aliphatic carbocycles. The van der Waals surface area contributed by atoms with Gasteiger partial charge in [0.1, 0.15) is 0 Å². The average molecular weight is 169 g/mol. The molecule has 0 rings (SSSR count). The van der Waals surface area contributed by atoms with Crippen LogP contribution in [0.5, 0.6) is 0 Å². The van der Waals surface area contributed by atoms with E-state index in [2.05, 4.69) is 12.6 Å². The van der Waals surface area contributed by atoms with Crippen LogP contribution in [0.1, 0.15) is 6.92 Å². The van der Waals surface area contributed by atoms with Gasteiger partial charge >= 0.3 is 0 Å². The molecule has 3 nitrogen and oxygen atoms in total. The zero-order chi connectivity index (χ0) is 7.49. The normalized spacial score (nSPS) is 15.4. The first-order valence-electron chi connectivity index (χ1n) is 2.57. The molecule has 0 unspecified atom stereocenters. The molecule has 0 bridgehead atoms. The summed E-state index contributed by atoms with van der Waals surface area (Å²) in [6.07, 6.45) is 0. The van der Waals surface area contributed by atoms with Gasteiger partial charge in [0.2, 0.25) is 10.0 Å². The van der Waals surface area contributed by atoms with Crippen molar-refractivity contribution in [1.29, 1.82) is 0 Å². The summed E-state index contributed by atoms with van der Waals surface area (Å²) in [7, 11) is -3.28. The van der Waals surface area contributed by atoms with Crippen molar-refractivity contribution in [3.63, 3.8) is 0 Å². The fourth-order valence-electron chi connectivity index (χ4n) is 0.449. The fraction of sp³-hybridized carbons (Fsp3) is 1.00. The Morgan fingerprint density at radius 2 is 2.11 bits per heavy atom. The number of sulfonamides is 1. The van der Waals surface area contributed by atoms with Gasteiger partial charge in [-0.1, -0.05) is 6.92 Å². The number of primary sulfonamides is 1. The summed E-state index contributed by atoms with van der Waals surface area (Å²) in [4.78, 5) is 0. The van der Waals surface area contributed by atoms with Crippen molar-refractivity contribution in [3.05, 3.63) is 0 Å². The molecule has 0 spiro atoms. The molecule has 0 aromatic heterocycles. The van der Waals surface area contributed by atoms with E-state index in [1.165, 1.54) is 0 Å². The number of nitrogens with two attached hydrogens (primary N) is 1. The summed E-state index contributed by atoms with van der Waals surface area (Å²) < 4.78 is 20.7. The summed E-state index contributed by atoms with van der Waals surface area (Å²) in [5.74, 6) is 0.621. The SMILES string of the molecule is C[C@@H](CS)CS(N)(=O)=O. The molecule has 0 heterocycles. The Morgan fingerprint density at radius 1 is 1.67 bits per heavy atom. The lowest BCUT2D eigenvalue weighted by atomic mass is 10.3. The zero-order valence-electron chi connectivity index (χ0n) is 5.24. The highest BCUT2D eigenvalue weighted by Gasteiger charge is 2.07. The summed E-state index contributed by atoms with van der Waals surface area (Å²) >= 11 is 3.91. The molecule has 0 amide bonds. The van der Waals surface area contributed by atoms with E-state index < -0.39 is 10.0 Å². The molecule has 0 aliphatic rings. The van der Waals surface area contributed by atoms with Crippen molar-refractivity contribution < 1.29 is 8.42 Å². The molecule has 0 aromatic rings. The first kappa shape index (κ1) is 9.26. The van der Waals surface area contributed by atoms with Crippen LogP contribution in [-0.2, 0) is 10.0 Å². The van der Waals surface area contributed by atoms with Crippen LogP contribution in [-0.4, -0.2) is 19.9 Å². The van der Waals surface area contributed by atoms with E-state index in [9.17, 15) is 8.42 Å². The molecular formula is C4H11NO2S2. The van der Waals surface area contributed by atoms with Crippen LogP contribution in [0.3, 0.4) is 0 Å². The molecule has 2 N–H and O–H groups in total. The highest BCUT2D eigenvalue weighted by Crippen LogP contribution is 1.98. The Bertz CT molecular complexity index is 163. The van der Waals surface area contributed by atoms with Gasteiger partial charge in [0.05, 0.1) is 5.75 Å². The van der Waals surface area contributed by atoms with Gasteiger partial charge in [0, 0.05) is 0 Å². The Balaban J connectivity index is 3.75. The lowest BCUT2D eigenvalue weighted by Gasteiger charge is -2.03. The summed E-state index contributed by atoms with van der Waals surface area (Å²) in [6.45, 7) is 1.79. The maximum Gasteiger partial charge on any atom is 0.209 e. The van der Waals surface area contributed by atoms with Crippen LogP contribution in [0.25, 0.3) is 0 Å². The minimum absolute atomic E-state index is 0.0243. The Kier molecular flexibility index (Phi) is 3.53. The van der Waals surface area contributed by atoms with Crippen molar-refractivity contribution >= 4 is 22.7 Å². The van der Waals surface area contributed by atoms with Crippen molar-refractivity contribution in [2.45, 2.75) is 6.92 Å². The lowest BCUT2D eigenvalue weighted by Crippen LogP contribution is -2.22. The smallest absolute Gasteiger partial charge is 0.209 e. The second kappa shape index (κ2) is 3.43. The van der Waals surface area contributed by atoms with Crippen LogP contribution >= 0.6 is 12.6 Å². The highest BCUT2D eigenvalue weighted by atomic mass is 32.2. The van der Waals surface area contributed by atoms with E-state index in [-0.39, 0.29) is 11.7 Å². The van der Waals surface area contributed by atoms with Gasteiger partial charge in [-0.15, -0.1) is 0 Å². The second-order valence-corrected chi connectivity index (χ2v) is 4.14. The second-order valence-electron chi connectivity index (χ2n) is 2.12. The maximum absolute atomic E-state index is 10.3. The quantitative estimate of drug-likeness (QED) is 0.577. The Morgan fingerprint density at radius 3 is 2.22 bits per heavy atom. The molecule has 1 atom stereocenters. The van der Waals surface area contributed by atoms with E-state index in [1.54, 1.807) is 6.92 Å². The van der Waals surface area contributed by atoms with Gasteiger partial charge in [-0.25, -0.2) is 13.6 Å². The average Bonchev–Trinajstić information content (AvgIpc) is 1.62. The number of rotatable bonds is 3. The largest absolute Gasteiger partial charge is 0.229 e.